The molecule has 1 N–H and O–H groups in total. The fourth-order valence-corrected chi connectivity index (χ4v) is 2.03. The maximum absolute atomic E-state index is 11.3. The van der Waals surface area contributed by atoms with Crippen molar-refractivity contribution in [3.05, 3.63) is 59.1 Å². The molecule has 0 fully saturated rings. The van der Waals surface area contributed by atoms with Crippen molar-refractivity contribution in [1.82, 2.24) is 0 Å². The van der Waals surface area contributed by atoms with Crippen molar-refractivity contribution in [1.29, 1.82) is 0 Å². The molecule has 0 bridgehead atoms. The first-order valence-electron chi connectivity index (χ1n) is 6.37. The van der Waals surface area contributed by atoms with Crippen LogP contribution in [0.3, 0.4) is 0 Å². The SMILES string of the molecule is COc1ccc(C[C@H](Oc2ccccc2Cl)C(=O)O)cc1. The molecule has 5 heteroatoms. The van der Waals surface area contributed by atoms with E-state index in [2.05, 4.69) is 0 Å². The normalized spacial score (nSPS) is 11.7. The summed E-state index contributed by atoms with van der Waals surface area (Å²) in [6.45, 7) is 0. The van der Waals surface area contributed by atoms with Crippen molar-refractivity contribution in [3.8, 4) is 11.5 Å². The third kappa shape index (κ3) is 4.13. The number of aliphatic carboxylic acids is 1. The van der Waals surface area contributed by atoms with Gasteiger partial charge in [0, 0.05) is 6.42 Å². The highest BCUT2D eigenvalue weighted by Crippen LogP contribution is 2.25. The number of para-hydroxylation sites is 1. The highest BCUT2D eigenvalue weighted by Gasteiger charge is 2.21. The largest absolute Gasteiger partial charge is 0.497 e. The second-order valence-corrected chi connectivity index (χ2v) is 4.83. The van der Waals surface area contributed by atoms with E-state index in [1.807, 2.05) is 12.1 Å². The Morgan fingerprint density at radius 1 is 1.19 bits per heavy atom. The van der Waals surface area contributed by atoms with E-state index in [9.17, 15) is 9.90 Å². The average Bonchev–Trinajstić information content (AvgIpc) is 2.49. The molecule has 21 heavy (non-hydrogen) atoms. The molecule has 2 aromatic rings. The smallest absolute Gasteiger partial charge is 0.345 e. The van der Waals surface area contributed by atoms with Crippen molar-refractivity contribution in [3.63, 3.8) is 0 Å². The maximum atomic E-state index is 11.3. The molecule has 0 spiro atoms. The van der Waals surface area contributed by atoms with Crippen LogP contribution in [0.15, 0.2) is 48.5 Å². The number of ether oxygens (including phenoxy) is 2. The predicted octanol–water partition coefficient (Wildman–Crippen LogP) is 3.42. The standard InChI is InChI=1S/C16H15ClO4/c1-20-12-8-6-11(7-9-12)10-15(16(18)19)21-14-5-3-2-4-13(14)17/h2-9,15H,10H2,1H3,(H,18,19)/t15-/m0/s1. The van der Waals surface area contributed by atoms with Crippen LogP contribution in [-0.2, 0) is 11.2 Å². The Labute approximate surface area is 127 Å². The van der Waals surface area contributed by atoms with Gasteiger partial charge in [-0.2, -0.15) is 0 Å². The predicted molar refractivity (Wildman–Crippen MR) is 80.2 cm³/mol. The van der Waals surface area contributed by atoms with E-state index in [4.69, 9.17) is 21.1 Å². The number of carboxylic acids is 1. The summed E-state index contributed by atoms with van der Waals surface area (Å²) in [5, 5.41) is 9.68. The van der Waals surface area contributed by atoms with Crippen LogP contribution in [-0.4, -0.2) is 24.3 Å². The number of methoxy groups -OCH3 is 1. The number of hydrogen-bond donors (Lipinski definition) is 1. The second kappa shape index (κ2) is 6.99. The molecular weight excluding hydrogens is 292 g/mol. The van der Waals surface area contributed by atoms with Gasteiger partial charge in [0.15, 0.2) is 6.10 Å². The summed E-state index contributed by atoms with van der Waals surface area (Å²) < 4.78 is 10.6. The van der Waals surface area contributed by atoms with E-state index < -0.39 is 12.1 Å². The Morgan fingerprint density at radius 2 is 1.86 bits per heavy atom. The van der Waals surface area contributed by atoms with E-state index in [1.54, 1.807) is 43.5 Å². The lowest BCUT2D eigenvalue weighted by Crippen LogP contribution is -2.29. The number of carbonyl (C=O) groups is 1. The van der Waals surface area contributed by atoms with Gasteiger partial charge in [0.1, 0.15) is 11.5 Å². The molecule has 0 radical (unpaired) electrons. The van der Waals surface area contributed by atoms with Crippen LogP contribution in [0.2, 0.25) is 5.02 Å². The van der Waals surface area contributed by atoms with Gasteiger partial charge in [-0.15, -0.1) is 0 Å². The highest BCUT2D eigenvalue weighted by atomic mass is 35.5. The van der Waals surface area contributed by atoms with Crippen molar-refractivity contribution < 1.29 is 19.4 Å². The fourth-order valence-electron chi connectivity index (χ4n) is 1.85. The van der Waals surface area contributed by atoms with Crippen molar-refractivity contribution in [2.75, 3.05) is 7.11 Å². The van der Waals surface area contributed by atoms with Crippen molar-refractivity contribution in [2.24, 2.45) is 0 Å². The van der Waals surface area contributed by atoms with Gasteiger partial charge in [0.2, 0.25) is 0 Å². The molecule has 0 aliphatic carbocycles. The summed E-state index contributed by atoms with van der Waals surface area (Å²) in [5.41, 5.74) is 0.843. The third-order valence-electron chi connectivity index (χ3n) is 2.96. The van der Waals surface area contributed by atoms with Gasteiger partial charge in [-0.1, -0.05) is 35.9 Å². The zero-order chi connectivity index (χ0) is 15.2. The van der Waals surface area contributed by atoms with Gasteiger partial charge in [-0.25, -0.2) is 4.79 Å². The summed E-state index contributed by atoms with van der Waals surface area (Å²) in [4.78, 5) is 11.3. The van der Waals surface area contributed by atoms with E-state index >= 15 is 0 Å². The van der Waals surface area contributed by atoms with E-state index in [-0.39, 0.29) is 6.42 Å². The molecule has 0 aromatic heterocycles. The van der Waals surface area contributed by atoms with Crippen LogP contribution in [0.4, 0.5) is 0 Å². The van der Waals surface area contributed by atoms with Crippen LogP contribution >= 0.6 is 11.6 Å². The Bertz CT molecular complexity index is 610. The van der Waals surface area contributed by atoms with Crippen molar-refractivity contribution >= 4 is 17.6 Å². The van der Waals surface area contributed by atoms with Gasteiger partial charge in [0.05, 0.1) is 12.1 Å². The molecular formula is C16H15ClO4. The number of rotatable bonds is 6. The van der Waals surface area contributed by atoms with Crippen LogP contribution in [0.25, 0.3) is 0 Å². The summed E-state index contributed by atoms with van der Waals surface area (Å²) >= 11 is 5.98. The average molecular weight is 307 g/mol. The molecule has 110 valence electrons. The number of carboxylic acid groups (broad SMARTS) is 1. The summed E-state index contributed by atoms with van der Waals surface area (Å²) in [5.74, 6) is 0.0449. The minimum Gasteiger partial charge on any atom is -0.497 e. The molecule has 0 aliphatic heterocycles. The van der Waals surface area contributed by atoms with Crippen molar-refractivity contribution in [2.45, 2.75) is 12.5 Å². The summed E-state index contributed by atoms with van der Waals surface area (Å²) in [6.07, 6.45) is -0.761. The van der Waals surface area contributed by atoms with Gasteiger partial charge in [-0.05, 0) is 29.8 Å². The van der Waals surface area contributed by atoms with Crippen LogP contribution < -0.4 is 9.47 Å². The Balaban J connectivity index is 2.12. The quantitative estimate of drug-likeness (QED) is 0.888. The van der Waals surface area contributed by atoms with E-state index in [1.165, 1.54) is 0 Å². The van der Waals surface area contributed by atoms with Gasteiger partial charge >= 0.3 is 5.97 Å². The molecule has 0 saturated carbocycles. The molecule has 0 heterocycles. The molecule has 2 rings (SSSR count). The molecule has 0 unspecified atom stereocenters. The Morgan fingerprint density at radius 3 is 2.43 bits per heavy atom. The minimum atomic E-state index is -1.04. The molecule has 0 saturated heterocycles. The molecule has 1 atom stereocenters. The lowest BCUT2D eigenvalue weighted by Gasteiger charge is -2.16. The number of halogens is 1. The maximum Gasteiger partial charge on any atom is 0.345 e. The zero-order valence-corrected chi connectivity index (χ0v) is 12.2. The number of benzene rings is 2. The number of hydrogen-bond acceptors (Lipinski definition) is 3. The second-order valence-electron chi connectivity index (χ2n) is 4.43. The van der Waals surface area contributed by atoms with Crippen LogP contribution in [0.1, 0.15) is 5.56 Å². The monoisotopic (exact) mass is 306 g/mol. The molecule has 2 aromatic carbocycles. The minimum absolute atomic E-state index is 0.241. The molecule has 0 amide bonds. The highest BCUT2D eigenvalue weighted by molar-refractivity contribution is 6.32. The Kier molecular flexibility index (Phi) is 5.06. The first-order valence-corrected chi connectivity index (χ1v) is 6.75. The third-order valence-corrected chi connectivity index (χ3v) is 3.27. The van der Waals surface area contributed by atoms with Gasteiger partial charge in [0.25, 0.3) is 0 Å². The first kappa shape index (κ1) is 15.2. The van der Waals surface area contributed by atoms with Crippen LogP contribution in [0.5, 0.6) is 11.5 Å². The summed E-state index contributed by atoms with van der Waals surface area (Å²) in [6, 6.07) is 14.0. The first-order chi connectivity index (χ1) is 10.1. The zero-order valence-electron chi connectivity index (χ0n) is 11.5. The molecule has 0 aliphatic rings. The Hall–Kier alpha value is -2.20. The van der Waals surface area contributed by atoms with Gasteiger partial charge in [-0.3, -0.25) is 0 Å². The summed E-state index contributed by atoms with van der Waals surface area (Å²) in [7, 11) is 1.58. The van der Waals surface area contributed by atoms with Gasteiger partial charge < -0.3 is 14.6 Å². The van der Waals surface area contributed by atoms with E-state index in [0.29, 0.717) is 10.8 Å². The topological polar surface area (TPSA) is 55.8 Å². The molecule has 4 nitrogen and oxygen atoms in total. The van der Waals surface area contributed by atoms with E-state index in [0.717, 1.165) is 11.3 Å². The van der Waals surface area contributed by atoms with Crippen LogP contribution in [0, 0.1) is 0 Å². The lowest BCUT2D eigenvalue weighted by atomic mass is 10.1. The fraction of sp³-hybridized carbons (Fsp3) is 0.188. The lowest BCUT2D eigenvalue weighted by molar-refractivity contribution is -0.145.